The van der Waals surface area contributed by atoms with Crippen molar-refractivity contribution in [1.82, 2.24) is 0 Å². The average Bonchev–Trinajstić information content (AvgIpc) is 2.46. The first-order chi connectivity index (χ1) is 10.6. The summed E-state index contributed by atoms with van der Waals surface area (Å²) in [5.74, 6) is 0. The molecule has 0 saturated heterocycles. The molecule has 0 fully saturated rings. The van der Waals surface area contributed by atoms with E-state index in [1.165, 1.54) is 37.4 Å². The van der Waals surface area contributed by atoms with Crippen LogP contribution in [-0.4, -0.2) is 15.5 Å². The van der Waals surface area contributed by atoms with Crippen LogP contribution in [0.2, 0.25) is 0 Å². The van der Waals surface area contributed by atoms with Crippen molar-refractivity contribution in [2.75, 3.05) is 22.8 Å². The van der Waals surface area contributed by atoms with Gasteiger partial charge in [-0.05, 0) is 42.5 Å². The largest absolute Gasteiger partial charge is 0.416 e. The second-order valence-electron chi connectivity index (χ2n) is 4.72. The van der Waals surface area contributed by atoms with Crippen LogP contribution in [-0.2, 0) is 16.2 Å². The molecule has 0 bridgehead atoms. The lowest BCUT2D eigenvalue weighted by Crippen LogP contribution is -2.14. The average molecular weight is 345 g/mol. The maximum absolute atomic E-state index is 12.9. The first kappa shape index (κ1) is 16.9. The molecule has 0 unspecified atom stereocenters. The third-order valence-corrected chi connectivity index (χ3v) is 4.39. The molecule has 0 heterocycles. The quantitative estimate of drug-likeness (QED) is 0.744. The maximum Gasteiger partial charge on any atom is 0.416 e. The molecule has 2 aromatic carbocycles. The van der Waals surface area contributed by atoms with E-state index in [-0.39, 0.29) is 16.3 Å². The van der Waals surface area contributed by atoms with Crippen molar-refractivity contribution >= 4 is 27.1 Å². The Morgan fingerprint density at radius 3 is 2.09 bits per heavy atom. The van der Waals surface area contributed by atoms with Gasteiger partial charge in [0, 0.05) is 18.4 Å². The number of anilines is 3. The SMILES string of the molecule is CNc1cc(NS(=O)(=O)c2ccc(N)cc2)cc(C(F)(F)F)c1. The van der Waals surface area contributed by atoms with Crippen molar-refractivity contribution in [3.8, 4) is 0 Å². The van der Waals surface area contributed by atoms with E-state index in [1.807, 2.05) is 0 Å². The summed E-state index contributed by atoms with van der Waals surface area (Å²) in [6.07, 6.45) is -4.59. The number of nitrogens with two attached hydrogens (primary N) is 1. The summed E-state index contributed by atoms with van der Waals surface area (Å²) in [5, 5.41) is 2.56. The third kappa shape index (κ3) is 4.07. The number of halogens is 3. The minimum absolute atomic E-state index is 0.102. The summed E-state index contributed by atoms with van der Waals surface area (Å²) in [7, 11) is -2.58. The van der Waals surface area contributed by atoms with Crippen LogP contribution in [0.25, 0.3) is 0 Å². The van der Waals surface area contributed by atoms with Gasteiger partial charge in [0.15, 0.2) is 0 Å². The van der Waals surface area contributed by atoms with E-state index >= 15 is 0 Å². The van der Waals surface area contributed by atoms with Gasteiger partial charge in [0.1, 0.15) is 0 Å². The van der Waals surface area contributed by atoms with E-state index in [9.17, 15) is 21.6 Å². The zero-order chi connectivity index (χ0) is 17.3. The molecule has 2 aromatic rings. The van der Waals surface area contributed by atoms with Crippen molar-refractivity contribution in [3.63, 3.8) is 0 Å². The lowest BCUT2D eigenvalue weighted by Gasteiger charge is -2.14. The van der Waals surface area contributed by atoms with Crippen LogP contribution < -0.4 is 15.8 Å². The van der Waals surface area contributed by atoms with E-state index in [0.29, 0.717) is 5.69 Å². The Balaban J connectivity index is 2.40. The van der Waals surface area contributed by atoms with E-state index in [0.717, 1.165) is 12.1 Å². The highest BCUT2D eigenvalue weighted by molar-refractivity contribution is 7.92. The van der Waals surface area contributed by atoms with Crippen molar-refractivity contribution in [3.05, 3.63) is 48.0 Å². The highest BCUT2D eigenvalue weighted by Gasteiger charge is 2.31. The molecule has 0 aliphatic rings. The molecular weight excluding hydrogens is 331 g/mol. The molecule has 2 rings (SSSR count). The molecule has 0 radical (unpaired) electrons. The fourth-order valence-corrected chi connectivity index (χ4v) is 2.90. The lowest BCUT2D eigenvalue weighted by molar-refractivity contribution is -0.137. The van der Waals surface area contributed by atoms with E-state index in [4.69, 9.17) is 5.73 Å². The minimum Gasteiger partial charge on any atom is -0.399 e. The van der Waals surface area contributed by atoms with Crippen LogP contribution in [0.15, 0.2) is 47.4 Å². The monoisotopic (exact) mass is 345 g/mol. The van der Waals surface area contributed by atoms with Crippen LogP contribution in [0, 0.1) is 0 Å². The predicted molar refractivity (Wildman–Crippen MR) is 82.7 cm³/mol. The van der Waals surface area contributed by atoms with Crippen LogP contribution >= 0.6 is 0 Å². The third-order valence-electron chi connectivity index (χ3n) is 2.99. The number of benzene rings is 2. The van der Waals surface area contributed by atoms with Gasteiger partial charge in [-0.15, -0.1) is 0 Å². The summed E-state index contributed by atoms with van der Waals surface area (Å²) in [4.78, 5) is -0.102. The van der Waals surface area contributed by atoms with Crippen molar-refractivity contribution in [2.45, 2.75) is 11.1 Å². The number of sulfonamides is 1. The standard InChI is InChI=1S/C14H14F3N3O2S/c1-19-11-6-9(14(15,16)17)7-12(8-11)20-23(21,22)13-4-2-10(18)3-5-13/h2-8,19-20H,18H2,1H3. The Morgan fingerprint density at radius 2 is 1.57 bits per heavy atom. The molecule has 0 atom stereocenters. The van der Waals surface area contributed by atoms with Gasteiger partial charge in [0.2, 0.25) is 0 Å². The molecule has 5 nitrogen and oxygen atoms in total. The summed E-state index contributed by atoms with van der Waals surface area (Å²) < 4.78 is 65.2. The molecule has 23 heavy (non-hydrogen) atoms. The molecule has 4 N–H and O–H groups in total. The zero-order valence-electron chi connectivity index (χ0n) is 12.0. The molecule has 0 aliphatic carbocycles. The minimum atomic E-state index is -4.59. The van der Waals surface area contributed by atoms with Gasteiger partial charge in [-0.3, -0.25) is 4.72 Å². The van der Waals surface area contributed by atoms with E-state index in [1.54, 1.807) is 0 Å². The van der Waals surface area contributed by atoms with Crippen molar-refractivity contribution in [1.29, 1.82) is 0 Å². The lowest BCUT2D eigenvalue weighted by atomic mass is 10.1. The summed E-state index contributed by atoms with van der Waals surface area (Å²) >= 11 is 0. The van der Waals surface area contributed by atoms with Gasteiger partial charge in [-0.25, -0.2) is 8.42 Å². The maximum atomic E-state index is 12.9. The first-order valence-corrected chi connectivity index (χ1v) is 7.88. The normalized spacial score (nSPS) is 12.0. The van der Waals surface area contributed by atoms with Crippen LogP contribution in [0.4, 0.5) is 30.2 Å². The van der Waals surface area contributed by atoms with E-state index in [2.05, 4.69) is 10.0 Å². The van der Waals surface area contributed by atoms with Gasteiger partial charge in [-0.1, -0.05) is 0 Å². The highest BCUT2D eigenvalue weighted by atomic mass is 32.2. The molecule has 0 aromatic heterocycles. The Morgan fingerprint density at radius 1 is 1.00 bits per heavy atom. The second kappa shape index (κ2) is 5.99. The van der Waals surface area contributed by atoms with Crippen LogP contribution in [0.1, 0.15) is 5.56 Å². The second-order valence-corrected chi connectivity index (χ2v) is 6.40. The number of hydrogen-bond donors (Lipinski definition) is 3. The Hall–Kier alpha value is -2.42. The topological polar surface area (TPSA) is 84.2 Å². The Bertz CT molecular complexity index is 803. The number of rotatable bonds is 4. The van der Waals surface area contributed by atoms with Crippen molar-refractivity contribution in [2.24, 2.45) is 0 Å². The first-order valence-electron chi connectivity index (χ1n) is 6.40. The summed E-state index contributed by atoms with van der Waals surface area (Å²) in [6, 6.07) is 8.20. The molecule has 9 heteroatoms. The fraction of sp³-hybridized carbons (Fsp3) is 0.143. The van der Waals surface area contributed by atoms with Crippen molar-refractivity contribution < 1.29 is 21.6 Å². The highest BCUT2D eigenvalue weighted by Crippen LogP contribution is 2.34. The Labute approximate surface area is 131 Å². The van der Waals surface area contributed by atoms with Gasteiger partial charge in [-0.2, -0.15) is 13.2 Å². The van der Waals surface area contributed by atoms with Gasteiger partial charge in [0.05, 0.1) is 16.1 Å². The van der Waals surface area contributed by atoms with Crippen LogP contribution in [0.5, 0.6) is 0 Å². The molecule has 0 amide bonds. The molecular formula is C14H14F3N3O2S. The predicted octanol–water partition coefficient (Wildman–Crippen LogP) is 3.13. The Kier molecular flexibility index (Phi) is 4.42. The molecule has 0 spiro atoms. The number of alkyl halides is 3. The summed E-state index contributed by atoms with van der Waals surface area (Å²) in [5.41, 5.74) is 4.84. The number of nitrogen functional groups attached to an aromatic ring is 1. The molecule has 124 valence electrons. The van der Waals surface area contributed by atoms with Gasteiger partial charge in [0.25, 0.3) is 10.0 Å². The van der Waals surface area contributed by atoms with E-state index < -0.39 is 21.8 Å². The number of nitrogens with one attached hydrogen (secondary N) is 2. The molecule has 0 aliphatic heterocycles. The van der Waals surface area contributed by atoms with Gasteiger partial charge < -0.3 is 11.1 Å². The number of hydrogen-bond acceptors (Lipinski definition) is 4. The van der Waals surface area contributed by atoms with Crippen LogP contribution in [0.3, 0.4) is 0 Å². The molecule has 0 saturated carbocycles. The fourth-order valence-electron chi connectivity index (χ4n) is 1.86. The van der Waals surface area contributed by atoms with Gasteiger partial charge >= 0.3 is 6.18 Å². The smallest absolute Gasteiger partial charge is 0.399 e. The zero-order valence-corrected chi connectivity index (χ0v) is 12.8. The summed E-state index contributed by atoms with van der Waals surface area (Å²) in [6.45, 7) is 0.